The van der Waals surface area contributed by atoms with E-state index in [9.17, 15) is 14.9 Å². The van der Waals surface area contributed by atoms with Crippen LogP contribution in [0.3, 0.4) is 0 Å². The van der Waals surface area contributed by atoms with Crippen molar-refractivity contribution < 1.29 is 14.5 Å². The summed E-state index contributed by atoms with van der Waals surface area (Å²) in [6, 6.07) is 19.4. The molecular formula is C24H24N6O4. The van der Waals surface area contributed by atoms with Gasteiger partial charge in [0.2, 0.25) is 0 Å². The Morgan fingerprint density at radius 2 is 1.74 bits per heavy atom. The Hall–Kier alpha value is -4.47. The summed E-state index contributed by atoms with van der Waals surface area (Å²) in [7, 11) is 0. The van der Waals surface area contributed by atoms with Gasteiger partial charge >= 0.3 is 5.69 Å². The van der Waals surface area contributed by atoms with Gasteiger partial charge in [0.05, 0.1) is 11.5 Å². The molecule has 0 bridgehead atoms. The largest absolute Gasteiger partial charge is 0.471 e. The number of aromatic nitrogens is 4. The topological polar surface area (TPSA) is 117 Å². The third-order valence-electron chi connectivity index (χ3n) is 5.33. The number of nitrogens with one attached hydrogen (secondary N) is 1. The molecule has 2 aromatic heterocycles. The number of ether oxygens (including phenoxy) is 1. The first kappa shape index (κ1) is 22.7. The molecule has 0 aliphatic carbocycles. The third-order valence-corrected chi connectivity index (χ3v) is 5.33. The Bertz CT molecular complexity index is 1300. The first-order chi connectivity index (χ1) is 16.4. The van der Waals surface area contributed by atoms with Crippen LogP contribution in [0.5, 0.6) is 5.75 Å². The molecule has 0 fully saturated rings. The van der Waals surface area contributed by atoms with Crippen LogP contribution in [0.15, 0.2) is 66.9 Å². The number of rotatable bonds is 9. The van der Waals surface area contributed by atoms with Crippen LogP contribution in [0.1, 0.15) is 21.9 Å². The lowest BCUT2D eigenvalue weighted by molar-refractivity contribution is -0.386. The molecule has 0 aliphatic heterocycles. The molecule has 0 saturated heterocycles. The van der Waals surface area contributed by atoms with Crippen LogP contribution in [0, 0.1) is 24.0 Å². The Morgan fingerprint density at radius 1 is 1.03 bits per heavy atom. The minimum absolute atomic E-state index is 0.000208. The fourth-order valence-electron chi connectivity index (χ4n) is 3.60. The summed E-state index contributed by atoms with van der Waals surface area (Å²) >= 11 is 0. The van der Waals surface area contributed by atoms with Gasteiger partial charge in [-0.15, -0.1) is 0 Å². The number of amides is 1. The lowest BCUT2D eigenvalue weighted by Gasteiger charge is -2.08. The monoisotopic (exact) mass is 460 g/mol. The number of nitro groups is 1. The average molecular weight is 460 g/mol. The third kappa shape index (κ3) is 5.12. The molecule has 0 radical (unpaired) electrons. The van der Waals surface area contributed by atoms with Crippen LogP contribution in [0.4, 0.5) is 5.69 Å². The van der Waals surface area contributed by atoms with Crippen LogP contribution in [-0.2, 0) is 13.3 Å². The van der Waals surface area contributed by atoms with Gasteiger partial charge in [-0.1, -0.05) is 42.5 Å². The van der Waals surface area contributed by atoms with E-state index in [-0.39, 0.29) is 30.6 Å². The van der Waals surface area contributed by atoms with Crippen molar-refractivity contribution in [2.45, 2.75) is 27.1 Å². The van der Waals surface area contributed by atoms with E-state index in [0.717, 1.165) is 11.1 Å². The zero-order chi connectivity index (χ0) is 24.1. The van der Waals surface area contributed by atoms with E-state index in [0.29, 0.717) is 23.7 Å². The Labute approximate surface area is 195 Å². The molecule has 4 aromatic rings. The quantitative estimate of drug-likeness (QED) is 0.300. The van der Waals surface area contributed by atoms with Crippen LogP contribution in [0.25, 0.3) is 11.1 Å². The van der Waals surface area contributed by atoms with Crippen LogP contribution in [-0.4, -0.2) is 36.9 Å². The molecule has 0 unspecified atom stereocenters. The second-order valence-corrected chi connectivity index (χ2v) is 7.66. The summed E-state index contributed by atoms with van der Waals surface area (Å²) in [5, 5.41) is 22.3. The summed E-state index contributed by atoms with van der Waals surface area (Å²) in [4.78, 5) is 23.1. The fourth-order valence-corrected chi connectivity index (χ4v) is 3.60. The van der Waals surface area contributed by atoms with E-state index in [1.54, 1.807) is 26.1 Å². The van der Waals surface area contributed by atoms with E-state index in [4.69, 9.17) is 4.74 Å². The van der Waals surface area contributed by atoms with Gasteiger partial charge in [0, 0.05) is 12.7 Å². The molecule has 4 rings (SSSR count). The Morgan fingerprint density at radius 3 is 2.41 bits per heavy atom. The SMILES string of the molecule is Cc1nn(CCNC(=O)c2ccn(COc3ccc(-c4ccccc4)cc3)n2)c(C)c1[N+](=O)[O-]. The molecule has 10 nitrogen and oxygen atoms in total. The van der Waals surface area contributed by atoms with Gasteiger partial charge < -0.3 is 10.1 Å². The van der Waals surface area contributed by atoms with Gasteiger partial charge in [0.25, 0.3) is 5.91 Å². The van der Waals surface area contributed by atoms with Crippen molar-refractivity contribution in [3.8, 4) is 16.9 Å². The van der Waals surface area contributed by atoms with Crippen molar-refractivity contribution in [3.05, 3.63) is 94.1 Å². The molecule has 34 heavy (non-hydrogen) atoms. The molecule has 1 amide bonds. The summed E-state index contributed by atoms with van der Waals surface area (Å²) in [5.41, 5.74) is 3.29. The fraction of sp³-hybridized carbons (Fsp3) is 0.208. The molecule has 0 spiro atoms. The van der Waals surface area contributed by atoms with Crippen LogP contribution < -0.4 is 10.1 Å². The van der Waals surface area contributed by atoms with Gasteiger partial charge in [-0.2, -0.15) is 10.2 Å². The predicted molar refractivity (Wildman–Crippen MR) is 125 cm³/mol. The highest BCUT2D eigenvalue weighted by Crippen LogP contribution is 2.23. The average Bonchev–Trinajstić information content (AvgIpc) is 3.42. The van der Waals surface area contributed by atoms with Crippen molar-refractivity contribution in [1.82, 2.24) is 24.9 Å². The van der Waals surface area contributed by atoms with Crippen molar-refractivity contribution in [2.75, 3.05) is 6.54 Å². The Balaban J connectivity index is 1.27. The summed E-state index contributed by atoms with van der Waals surface area (Å²) < 4.78 is 8.81. The van der Waals surface area contributed by atoms with Crippen LogP contribution >= 0.6 is 0 Å². The molecule has 2 heterocycles. The van der Waals surface area contributed by atoms with Gasteiger partial charge in [-0.05, 0) is 43.2 Å². The van der Waals surface area contributed by atoms with Crippen molar-refractivity contribution in [3.63, 3.8) is 0 Å². The number of hydrogen-bond donors (Lipinski definition) is 1. The molecule has 0 atom stereocenters. The van der Waals surface area contributed by atoms with Crippen molar-refractivity contribution in [2.24, 2.45) is 0 Å². The number of aryl methyl sites for hydroxylation is 1. The molecule has 174 valence electrons. The van der Waals surface area contributed by atoms with Gasteiger partial charge in [-0.3, -0.25) is 19.6 Å². The minimum atomic E-state index is -0.445. The number of benzene rings is 2. The maximum absolute atomic E-state index is 12.4. The van der Waals surface area contributed by atoms with E-state index in [1.807, 2.05) is 54.6 Å². The highest BCUT2D eigenvalue weighted by atomic mass is 16.6. The minimum Gasteiger partial charge on any atom is -0.471 e. The smallest absolute Gasteiger partial charge is 0.312 e. The van der Waals surface area contributed by atoms with E-state index >= 15 is 0 Å². The predicted octanol–water partition coefficient (Wildman–Crippen LogP) is 3.74. The lowest BCUT2D eigenvalue weighted by atomic mass is 10.1. The highest BCUT2D eigenvalue weighted by Gasteiger charge is 2.21. The zero-order valence-corrected chi connectivity index (χ0v) is 18.8. The van der Waals surface area contributed by atoms with Crippen molar-refractivity contribution in [1.29, 1.82) is 0 Å². The number of hydrogen-bond acceptors (Lipinski definition) is 6. The number of carbonyl (C=O) groups excluding carboxylic acids is 1. The summed E-state index contributed by atoms with van der Waals surface area (Å²) in [6.45, 7) is 3.96. The standard InChI is InChI=1S/C24H24N6O4/c1-17-23(30(32)33)18(2)29(26-17)15-13-25-24(31)22-12-14-28(27-22)16-34-21-10-8-20(9-11-21)19-6-4-3-5-7-19/h3-12,14H,13,15-16H2,1-2H3,(H,25,31). The molecule has 2 aromatic carbocycles. The Kier molecular flexibility index (Phi) is 6.67. The molecule has 10 heteroatoms. The zero-order valence-electron chi connectivity index (χ0n) is 18.8. The lowest BCUT2D eigenvalue weighted by Crippen LogP contribution is -2.28. The van der Waals surface area contributed by atoms with Gasteiger partial charge in [0.1, 0.15) is 22.8 Å². The molecular weight excluding hydrogens is 436 g/mol. The number of carbonyl (C=O) groups is 1. The van der Waals surface area contributed by atoms with E-state index in [2.05, 4.69) is 15.5 Å². The van der Waals surface area contributed by atoms with Gasteiger partial charge in [-0.25, -0.2) is 4.68 Å². The summed E-state index contributed by atoms with van der Waals surface area (Å²) in [6.07, 6.45) is 1.66. The van der Waals surface area contributed by atoms with E-state index < -0.39 is 4.92 Å². The summed E-state index contributed by atoms with van der Waals surface area (Å²) in [5.74, 6) is 0.349. The maximum Gasteiger partial charge on any atom is 0.312 e. The van der Waals surface area contributed by atoms with E-state index in [1.165, 1.54) is 9.36 Å². The maximum atomic E-state index is 12.4. The normalized spacial score (nSPS) is 10.8. The first-order valence-electron chi connectivity index (χ1n) is 10.7. The van der Waals surface area contributed by atoms with Crippen molar-refractivity contribution >= 4 is 11.6 Å². The second-order valence-electron chi connectivity index (χ2n) is 7.66. The molecule has 1 N–H and O–H groups in total. The highest BCUT2D eigenvalue weighted by molar-refractivity contribution is 5.92. The number of nitrogens with zero attached hydrogens (tertiary/aromatic N) is 5. The first-order valence-corrected chi connectivity index (χ1v) is 10.7. The van der Waals surface area contributed by atoms with Gasteiger partial charge in [0.15, 0.2) is 6.73 Å². The second kappa shape index (κ2) is 9.99. The molecule has 0 aliphatic rings. The molecule has 0 saturated carbocycles. The van der Waals surface area contributed by atoms with Crippen LogP contribution in [0.2, 0.25) is 0 Å².